The first kappa shape index (κ1) is 17.7. The number of amides is 1. The second-order valence-corrected chi connectivity index (χ2v) is 5.77. The molecule has 0 atom stereocenters. The van der Waals surface area contributed by atoms with Crippen LogP contribution in [0.5, 0.6) is 0 Å². The molecule has 0 aliphatic carbocycles. The van der Waals surface area contributed by atoms with Gasteiger partial charge in [0.2, 0.25) is 5.91 Å². The molecule has 1 aliphatic rings. The molecule has 122 valence electrons. The molecule has 1 saturated heterocycles. The molecule has 1 amide bonds. The van der Waals surface area contributed by atoms with Crippen LogP contribution < -0.4 is 5.73 Å². The molecular formula is C14H28N4O3. The Morgan fingerprint density at radius 1 is 1.29 bits per heavy atom. The molecule has 0 aromatic carbocycles. The van der Waals surface area contributed by atoms with Crippen LogP contribution in [0.15, 0.2) is 5.16 Å². The van der Waals surface area contributed by atoms with E-state index < -0.39 is 5.54 Å². The summed E-state index contributed by atoms with van der Waals surface area (Å²) in [5.74, 6) is 0.322. The average molecular weight is 300 g/mol. The highest BCUT2D eigenvalue weighted by Crippen LogP contribution is 2.17. The first-order valence-corrected chi connectivity index (χ1v) is 7.52. The van der Waals surface area contributed by atoms with Gasteiger partial charge >= 0.3 is 0 Å². The number of oxime groups is 1. The molecule has 0 aromatic rings. The van der Waals surface area contributed by atoms with Gasteiger partial charge in [0, 0.05) is 32.8 Å². The highest BCUT2D eigenvalue weighted by atomic mass is 16.5. The number of ether oxygens (including phenoxy) is 1. The van der Waals surface area contributed by atoms with E-state index in [1.807, 2.05) is 25.7 Å². The molecule has 0 aromatic heterocycles. The van der Waals surface area contributed by atoms with Gasteiger partial charge in [-0.3, -0.25) is 9.69 Å². The molecule has 7 heteroatoms. The number of hydrogen-bond donors (Lipinski definition) is 2. The second kappa shape index (κ2) is 8.19. The summed E-state index contributed by atoms with van der Waals surface area (Å²) in [6.45, 7) is 9.82. The van der Waals surface area contributed by atoms with E-state index in [4.69, 9.17) is 15.7 Å². The fourth-order valence-corrected chi connectivity index (χ4v) is 2.36. The van der Waals surface area contributed by atoms with Gasteiger partial charge in [-0.25, -0.2) is 0 Å². The van der Waals surface area contributed by atoms with Crippen molar-refractivity contribution in [3.05, 3.63) is 0 Å². The van der Waals surface area contributed by atoms with E-state index in [9.17, 15) is 4.79 Å². The Bertz CT molecular complexity index is 363. The predicted octanol–water partition coefficient (Wildman–Crippen LogP) is 0.472. The summed E-state index contributed by atoms with van der Waals surface area (Å²) in [4.78, 5) is 16.0. The van der Waals surface area contributed by atoms with Crippen molar-refractivity contribution in [3.8, 4) is 0 Å². The first-order chi connectivity index (χ1) is 9.93. The third-order valence-electron chi connectivity index (χ3n) is 3.97. The average Bonchev–Trinajstić information content (AvgIpc) is 2.50. The van der Waals surface area contributed by atoms with Crippen LogP contribution in [0.4, 0.5) is 0 Å². The van der Waals surface area contributed by atoms with Crippen molar-refractivity contribution >= 4 is 11.7 Å². The van der Waals surface area contributed by atoms with E-state index in [0.29, 0.717) is 45.8 Å². The third kappa shape index (κ3) is 4.86. The van der Waals surface area contributed by atoms with E-state index in [1.54, 1.807) is 0 Å². The van der Waals surface area contributed by atoms with Gasteiger partial charge in [0.15, 0.2) is 5.84 Å². The SMILES string of the molecule is CCCOCCC(=O)N1CCN(C(C)(C)C(N)=NO)CC1. The number of nitrogens with two attached hydrogens (primary N) is 1. The molecule has 7 nitrogen and oxygen atoms in total. The van der Waals surface area contributed by atoms with Crippen LogP contribution in [0.25, 0.3) is 0 Å². The van der Waals surface area contributed by atoms with Crippen molar-refractivity contribution in [2.75, 3.05) is 39.4 Å². The van der Waals surface area contributed by atoms with Gasteiger partial charge in [-0.15, -0.1) is 0 Å². The summed E-state index contributed by atoms with van der Waals surface area (Å²) in [5.41, 5.74) is 5.23. The summed E-state index contributed by atoms with van der Waals surface area (Å²) in [6, 6.07) is 0. The monoisotopic (exact) mass is 300 g/mol. The molecule has 1 heterocycles. The largest absolute Gasteiger partial charge is 0.409 e. The predicted molar refractivity (Wildman–Crippen MR) is 81.4 cm³/mol. The lowest BCUT2D eigenvalue weighted by atomic mass is 10.00. The van der Waals surface area contributed by atoms with Crippen LogP contribution in [0.2, 0.25) is 0 Å². The molecule has 1 fully saturated rings. The lowest BCUT2D eigenvalue weighted by Crippen LogP contribution is -2.60. The van der Waals surface area contributed by atoms with Crippen molar-refractivity contribution in [1.29, 1.82) is 0 Å². The fraction of sp³-hybridized carbons (Fsp3) is 0.857. The summed E-state index contributed by atoms with van der Waals surface area (Å²) < 4.78 is 5.35. The van der Waals surface area contributed by atoms with E-state index in [-0.39, 0.29) is 11.7 Å². The molecular weight excluding hydrogens is 272 g/mol. The van der Waals surface area contributed by atoms with E-state index in [1.165, 1.54) is 0 Å². The van der Waals surface area contributed by atoms with Crippen LogP contribution in [0.1, 0.15) is 33.6 Å². The molecule has 1 rings (SSSR count). The van der Waals surface area contributed by atoms with Gasteiger partial charge in [-0.05, 0) is 20.3 Å². The Balaban J connectivity index is 2.40. The Labute approximate surface area is 126 Å². The zero-order valence-electron chi connectivity index (χ0n) is 13.3. The summed E-state index contributed by atoms with van der Waals surface area (Å²) in [5, 5.41) is 11.9. The highest BCUT2D eigenvalue weighted by molar-refractivity contribution is 5.88. The van der Waals surface area contributed by atoms with Crippen LogP contribution in [0.3, 0.4) is 0 Å². The zero-order chi connectivity index (χ0) is 15.9. The van der Waals surface area contributed by atoms with Crippen LogP contribution in [0, 0.1) is 0 Å². The molecule has 1 aliphatic heterocycles. The van der Waals surface area contributed by atoms with E-state index >= 15 is 0 Å². The van der Waals surface area contributed by atoms with E-state index in [0.717, 1.165) is 6.42 Å². The number of carbonyl (C=O) groups is 1. The van der Waals surface area contributed by atoms with Gasteiger partial charge in [0.05, 0.1) is 18.6 Å². The van der Waals surface area contributed by atoms with Crippen molar-refractivity contribution in [3.63, 3.8) is 0 Å². The van der Waals surface area contributed by atoms with Crippen molar-refractivity contribution in [2.24, 2.45) is 10.9 Å². The maximum atomic E-state index is 12.0. The molecule has 0 unspecified atom stereocenters. The zero-order valence-corrected chi connectivity index (χ0v) is 13.3. The van der Waals surface area contributed by atoms with Crippen molar-refractivity contribution in [2.45, 2.75) is 39.2 Å². The number of amidine groups is 1. The summed E-state index contributed by atoms with van der Waals surface area (Å²) in [7, 11) is 0. The van der Waals surface area contributed by atoms with Gasteiger partial charge in [0.1, 0.15) is 0 Å². The highest BCUT2D eigenvalue weighted by Gasteiger charge is 2.34. The van der Waals surface area contributed by atoms with E-state index in [2.05, 4.69) is 10.1 Å². The molecule has 21 heavy (non-hydrogen) atoms. The Morgan fingerprint density at radius 2 is 1.90 bits per heavy atom. The van der Waals surface area contributed by atoms with Gasteiger partial charge in [-0.1, -0.05) is 12.1 Å². The number of carbonyl (C=O) groups excluding carboxylic acids is 1. The molecule has 0 radical (unpaired) electrons. The molecule has 3 N–H and O–H groups in total. The lowest BCUT2D eigenvalue weighted by Gasteiger charge is -2.43. The minimum Gasteiger partial charge on any atom is -0.409 e. The van der Waals surface area contributed by atoms with Gasteiger partial charge < -0.3 is 20.6 Å². The Kier molecular flexibility index (Phi) is 6.91. The first-order valence-electron chi connectivity index (χ1n) is 7.52. The van der Waals surface area contributed by atoms with Gasteiger partial charge in [-0.2, -0.15) is 0 Å². The number of piperazine rings is 1. The van der Waals surface area contributed by atoms with Crippen LogP contribution >= 0.6 is 0 Å². The summed E-state index contributed by atoms with van der Waals surface area (Å²) in [6.07, 6.45) is 1.40. The smallest absolute Gasteiger partial charge is 0.224 e. The van der Waals surface area contributed by atoms with Crippen molar-refractivity contribution < 1.29 is 14.7 Å². The number of rotatable bonds is 7. The van der Waals surface area contributed by atoms with Crippen LogP contribution in [-0.2, 0) is 9.53 Å². The number of hydrogen-bond acceptors (Lipinski definition) is 5. The maximum Gasteiger partial charge on any atom is 0.224 e. The third-order valence-corrected chi connectivity index (χ3v) is 3.97. The topological polar surface area (TPSA) is 91.4 Å². The molecule has 0 bridgehead atoms. The number of nitrogens with zero attached hydrogens (tertiary/aromatic N) is 3. The minimum atomic E-state index is -0.506. The summed E-state index contributed by atoms with van der Waals surface area (Å²) >= 11 is 0. The molecule has 0 spiro atoms. The lowest BCUT2D eigenvalue weighted by molar-refractivity contribution is -0.134. The molecule has 0 saturated carbocycles. The Morgan fingerprint density at radius 3 is 2.43 bits per heavy atom. The normalized spacial score (nSPS) is 18.0. The Hall–Kier alpha value is -1.34. The van der Waals surface area contributed by atoms with Crippen LogP contribution in [-0.4, -0.2) is 71.7 Å². The fourth-order valence-electron chi connectivity index (χ4n) is 2.36. The standard InChI is InChI=1S/C14H28N4O3/c1-4-10-21-11-5-12(19)17-6-8-18(9-7-17)14(2,3)13(15)16-20/h20H,4-11H2,1-3H3,(H2,15,16). The second-order valence-electron chi connectivity index (χ2n) is 5.77. The minimum absolute atomic E-state index is 0.132. The maximum absolute atomic E-state index is 12.0. The van der Waals surface area contributed by atoms with Crippen molar-refractivity contribution in [1.82, 2.24) is 9.80 Å². The van der Waals surface area contributed by atoms with Gasteiger partial charge in [0.25, 0.3) is 0 Å². The quantitative estimate of drug-likeness (QED) is 0.234.